The Balaban J connectivity index is 1.41. The van der Waals surface area contributed by atoms with Crippen LogP contribution in [0.2, 0.25) is 0 Å². The van der Waals surface area contributed by atoms with Gasteiger partial charge in [0.2, 0.25) is 0 Å². The molecule has 0 aliphatic heterocycles. The van der Waals surface area contributed by atoms with Crippen molar-refractivity contribution in [2.45, 2.75) is 75.5 Å². The minimum absolute atomic E-state index is 0.178. The summed E-state index contributed by atoms with van der Waals surface area (Å²) in [6.45, 7) is 1.14. The first kappa shape index (κ1) is 13.8. The van der Waals surface area contributed by atoms with Crippen molar-refractivity contribution in [3.05, 3.63) is 35.4 Å². The third-order valence-corrected chi connectivity index (χ3v) is 5.56. The van der Waals surface area contributed by atoms with Crippen LogP contribution in [0, 0.1) is 0 Å². The zero-order valence-corrected chi connectivity index (χ0v) is 12.9. The summed E-state index contributed by atoms with van der Waals surface area (Å²) in [6, 6.07) is 9.72. The number of rotatable bonds is 6. The fraction of sp³-hybridized carbons (Fsp3) is 0.684. The lowest BCUT2D eigenvalue weighted by molar-refractivity contribution is -0.149. The normalized spacial score (nSPS) is 27.0. The van der Waals surface area contributed by atoms with Gasteiger partial charge >= 0.3 is 0 Å². The molecule has 2 saturated carbocycles. The average molecular weight is 285 g/mol. The van der Waals surface area contributed by atoms with E-state index in [-0.39, 0.29) is 5.60 Å². The van der Waals surface area contributed by atoms with Crippen LogP contribution >= 0.6 is 0 Å². The van der Waals surface area contributed by atoms with Gasteiger partial charge in [0, 0.05) is 6.04 Å². The van der Waals surface area contributed by atoms with Crippen LogP contribution < -0.4 is 5.32 Å². The van der Waals surface area contributed by atoms with E-state index in [1.807, 2.05) is 0 Å². The molecule has 1 N–H and O–H groups in total. The van der Waals surface area contributed by atoms with Gasteiger partial charge in [0.15, 0.2) is 0 Å². The molecule has 0 amide bonds. The van der Waals surface area contributed by atoms with Crippen LogP contribution in [0.3, 0.4) is 0 Å². The highest BCUT2D eigenvalue weighted by atomic mass is 16.5. The number of benzene rings is 1. The first-order valence-electron chi connectivity index (χ1n) is 8.84. The second-order valence-corrected chi connectivity index (χ2v) is 7.21. The monoisotopic (exact) mass is 285 g/mol. The lowest BCUT2D eigenvalue weighted by Gasteiger charge is -2.45. The van der Waals surface area contributed by atoms with Gasteiger partial charge in [0.1, 0.15) is 0 Å². The van der Waals surface area contributed by atoms with Crippen LogP contribution in [0.5, 0.6) is 0 Å². The highest BCUT2D eigenvalue weighted by Gasteiger charge is 2.40. The summed E-state index contributed by atoms with van der Waals surface area (Å²) in [6.07, 6.45) is 11.9. The van der Waals surface area contributed by atoms with Gasteiger partial charge < -0.3 is 10.1 Å². The fourth-order valence-electron chi connectivity index (χ4n) is 3.92. The van der Waals surface area contributed by atoms with Crippen molar-refractivity contribution in [2.24, 2.45) is 0 Å². The largest absolute Gasteiger partial charge is 0.367 e. The second-order valence-electron chi connectivity index (χ2n) is 7.21. The van der Waals surface area contributed by atoms with Crippen LogP contribution in [0.25, 0.3) is 0 Å². The van der Waals surface area contributed by atoms with Crippen molar-refractivity contribution in [1.29, 1.82) is 0 Å². The number of hydrogen-bond donors (Lipinski definition) is 1. The molecule has 0 heterocycles. The molecule has 0 bridgehead atoms. The van der Waals surface area contributed by atoms with Gasteiger partial charge in [-0.05, 0) is 75.5 Å². The third kappa shape index (κ3) is 3.02. The number of hydrogen-bond acceptors (Lipinski definition) is 2. The van der Waals surface area contributed by atoms with Gasteiger partial charge in [-0.3, -0.25) is 0 Å². The predicted octanol–water partition coefficient (Wildman–Crippen LogP) is 4.15. The molecule has 0 spiro atoms. The van der Waals surface area contributed by atoms with Crippen molar-refractivity contribution >= 4 is 0 Å². The number of ether oxygens (including phenoxy) is 1. The maximum atomic E-state index is 6.70. The molecule has 2 nitrogen and oxygen atoms in total. The summed E-state index contributed by atoms with van der Waals surface area (Å²) in [5.41, 5.74) is 3.15. The lowest BCUT2D eigenvalue weighted by atomic mass is 9.76. The molecule has 0 aromatic heterocycles. The Morgan fingerprint density at radius 3 is 2.71 bits per heavy atom. The van der Waals surface area contributed by atoms with E-state index in [1.165, 1.54) is 68.9 Å². The predicted molar refractivity (Wildman–Crippen MR) is 85.4 cm³/mol. The van der Waals surface area contributed by atoms with Gasteiger partial charge in [-0.25, -0.2) is 0 Å². The summed E-state index contributed by atoms with van der Waals surface area (Å²) < 4.78 is 6.70. The number of aryl methyl sites for hydroxylation is 1. The topological polar surface area (TPSA) is 21.3 Å². The number of nitrogens with one attached hydrogen (secondary N) is 1. The second kappa shape index (κ2) is 5.73. The molecular weight excluding hydrogens is 258 g/mol. The molecule has 0 saturated heterocycles. The Kier molecular flexibility index (Phi) is 3.76. The Bertz CT molecular complexity index is 490. The van der Waals surface area contributed by atoms with Crippen LogP contribution in [-0.4, -0.2) is 18.2 Å². The van der Waals surface area contributed by atoms with Crippen molar-refractivity contribution in [3.8, 4) is 0 Å². The Morgan fingerprint density at radius 2 is 1.95 bits per heavy atom. The van der Waals surface area contributed by atoms with Gasteiger partial charge in [-0.1, -0.05) is 24.3 Å². The summed E-state index contributed by atoms with van der Waals surface area (Å²) in [5.74, 6) is 0. The maximum absolute atomic E-state index is 6.70. The quantitative estimate of drug-likeness (QED) is 0.848. The number of fused-ring (bicyclic) bond motifs is 1. The van der Waals surface area contributed by atoms with E-state index in [2.05, 4.69) is 29.6 Å². The van der Waals surface area contributed by atoms with E-state index in [0.29, 0.717) is 6.10 Å². The van der Waals surface area contributed by atoms with Crippen LogP contribution in [0.4, 0.5) is 0 Å². The smallest absolute Gasteiger partial charge is 0.0835 e. The summed E-state index contributed by atoms with van der Waals surface area (Å²) in [4.78, 5) is 0. The van der Waals surface area contributed by atoms with Gasteiger partial charge in [0.05, 0.1) is 11.7 Å². The van der Waals surface area contributed by atoms with E-state index in [0.717, 1.165) is 12.6 Å². The molecule has 1 unspecified atom stereocenters. The minimum atomic E-state index is 0.178. The van der Waals surface area contributed by atoms with E-state index < -0.39 is 0 Å². The molecule has 21 heavy (non-hydrogen) atoms. The van der Waals surface area contributed by atoms with E-state index >= 15 is 0 Å². The van der Waals surface area contributed by atoms with E-state index in [4.69, 9.17) is 4.74 Å². The molecule has 4 rings (SSSR count). The van der Waals surface area contributed by atoms with Crippen molar-refractivity contribution in [1.82, 2.24) is 5.32 Å². The summed E-state index contributed by atoms with van der Waals surface area (Å²) in [5, 5.41) is 3.66. The molecule has 1 atom stereocenters. The Morgan fingerprint density at radius 1 is 1.10 bits per heavy atom. The lowest BCUT2D eigenvalue weighted by Crippen LogP contribution is -2.44. The molecule has 114 valence electrons. The fourth-order valence-corrected chi connectivity index (χ4v) is 3.92. The maximum Gasteiger partial charge on any atom is 0.0835 e. The Hall–Kier alpha value is -0.860. The molecule has 2 fully saturated rings. The standard InChI is InChI=1S/C19H27NO/c1-2-7-17-15(5-1)6-3-8-18(17)21-19(11-4-12-19)13-14-20-16-9-10-16/h1-2,5,7,16,18,20H,3-4,6,8-14H2. The molecule has 1 aromatic carbocycles. The van der Waals surface area contributed by atoms with Gasteiger partial charge in [-0.2, -0.15) is 0 Å². The molecule has 3 aliphatic rings. The van der Waals surface area contributed by atoms with Crippen LogP contribution in [0.15, 0.2) is 24.3 Å². The van der Waals surface area contributed by atoms with Crippen molar-refractivity contribution in [3.63, 3.8) is 0 Å². The van der Waals surface area contributed by atoms with E-state index in [9.17, 15) is 0 Å². The van der Waals surface area contributed by atoms with Gasteiger partial charge in [0.25, 0.3) is 0 Å². The van der Waals surface area contributed by atoms with Gasteiger partial charge in [-0.15, -0.1) is 0 Å². The van der Waals surface area contributed by atoms with Crippen LogP contribution in [0.1, 0.15) is 68.6 Å². The highest BCUT2D eigenvalue weighted by Crippen LogP contribution is 2.45. The first-order valence-corrected chi connectivity index (χ1v) is 8.84. The summed E-state index contributed by atoms with van der Waals surface area (Å²) >= 11 is 0. The molecule has 1 aromatic rings. The molecular formula is C19H27NO. The minimum Gasteiger partial charge on any atom is -0.367 e. The Labute approximate surface area is 128 Å². The van der Waals surface area contributed by atoms with Crippen molar-refractivity contribution < 1.29 is 4.74 Å². The SMILES string of the molecule is c1ccc2c(c1)CCCC2OC1(CCNC2CC2)CCC1. The summed E-state index contributed by atoms with van der Waals surface area (Å²) in [7, 11) is 0. The molecule has 3 aliphatic carbocycles. The average Bonchev–Trinajstić information content (AvgIpc) is 3.29. The zero-order valence-electron chi connectivity index (χ0n) is 12.9. The van der Waals surface area contributed by atoms with E-state index in [1.54, 1.807) is 0 Å². The zero-order chi connectivity index (χ0) is 14.1. The molecule has 0 radical (unpaired) electrons. The van der Waals surface area contributed by atoms with Crippen LogP contribution in [-0.2, 0) is 11.2 Å². The highest BCUT2D eigenvalue weighted by molar-refractivity contribution is 5.31. The third-order valence-electron chi connectivity index (χ3n) is 5.56. The van der Waals surface area contributed by atoms with Crippen molar-refractivity contribution in [2.75, 3.05) is 6.54 Å². The molecule has 2 heteroatoms. The first-order chi connectivity index (χ1) is 10.3.